The number of benzene rings is 2. The molecule has 2 aromatic rings. The van der Waals surface area contributed by atoms with Gasteiger partial charge in [0.05, 0.1) is 0 Å². The Hall–Kier alpha value is 1.56. The van der Waals surface area contributed by atoms with Crippen molar-refractivity contribution in [2.24, 2.45) is 0 Å². The molecule has 0 fully saturated rings. The van der Waals surface area contributed by atoms with Gasteiger partial charge in [-0.2, -0.15) is 0 Å². The van der Waals surface area contributed by atoms with Crippen molar-refractivity contribution in [3.05, 3.63) is 57.6 Å². The Bertz CT molecular complexity index is 696. The van der Waals surface area contributed by atoms with Gasteiger partial charge in [-0.3, -0.25) is 8.42 Å². The summed E-state index contributed by atoms with van der Waals surface area (Å²) in [6.45, 7) is 11.2. The summed E-state index contributed by atoms with van der Waals surface area (Å²) in [5.74, 6) is 0. The van der Waals surface area contributed by atoms with Crippen LogP contribution in [-0.4, -0.2) is 55.3 Å². The fourth-order valence-corrected chi connectivity index (χ4v) is 4.15. The first-order valence-corrected chi connectivity index (χ1v) is 9.53. The largest absolute Gasteiger partial charge is 2.00 e. The van der Waals surface area contributed by atoms with Crippen molar-refractivity contribution in [2.45, 2.75) is 51.3 Å². The molecule has 0 heterocycles. The molecule has 0 spiro atoms. The molecule has 0 amide bonds. The zero-order valence-corrected chi connectivity index (χ0v) is 23.4. The van der Waals surface area contributed by atoms with Crippen molar-refractivity contribution in [1.29, 1.82) is 0 Å². The Morgan fingerprint density at radius 3 is 0.962 bits per heavy atom. The fourth-order valence-electron chi connectivity index (χ4n) is 2.86. The topological polar surface area (TPSA) is 80.3 Å². The van der Waals surface area contributed by atoms with Crippen LogP contribution in [0.15, 0.2) is 34.1 Å². The van der Waals surface area contributed by atoms with E-state index < -0.39 is 22.2 Å². The maximum absolute atomic E-state index is 10.8. The van der Waals surface area contributed by atoms with E-state index in [0.717, 1.165) is 33.4 Å². The van der Waals surface area contributed by atoms with Crippen LogP contribution < -0.4 is 51.4 Å². The average Bonchev–Trinajstić information content (AvgIpc) is 2.35. The molecule has 132 valence electrons. The Balaban J connectivity index is 0. The van der Waals surface area contributed by atoms with Crippen LogP contribution in [0.2, 0.25) is 0 Å². The van der Waals surface area contributed by atoms with Gasteiger partial charge in [-0.15, -0.1) is 0 Å². The third-order valence-corrected chi connectivity index (χ3v) is 5.50. The van der Waals surface area contributed by atoms with E-state index in [1.807, 2.05) is 65.8 Å². The monoisotopic (exact) mass is 445 g/mol. The zero-order valence-electron chi connectivity index (χ0n) is 16.5. The molecule has 2 atom stereocenters. The average molecular weight is 446 g/mol. The van der Waals surface area contributed by atoms with E-state index in [2.05, 4.69) is 0 Å². The number of hydrogen-bond donors (Lipinski definition) is 0. The van der Waals surface area contributed by atoms with Crippen molar-refractivity contribution in [3.8, 4) is 0 Å². The third-order valence-electron chi connectivity index (χ3n) is 3.54. The van der Waals surface area contributed by atoms with E-state index in [0.29, 0.717) is 9.79 Å². The van der Waals surface area contributed by atoms with Crippen LogP contribution in [0, 0.1) is 41.5 Å². The molecule has 0 radical (unpaired) electrons. The van der Waals surface area contributed by atoms with E-state index in [9.17, 15) is 17.5 Å². The molecule has 0 aliphatic heterocycles. The molecule has 0 saturated carbocycles. The van der Waals surface area contributed by atoms with Gasteiger partial charge in [-0.1, -0.05) is 35.4 Å². The molecule has 0 N–H and O–H groups in total. The van der Waals surface area contributed by atoms with Crippen LogP contribution in [0.5, 0.6) is 0 Å². The first-order chi connectivity index (χ1) is 11.0. The van der Waals surface area contributed by atoms with E-state index in [4.69, 9.17) is 0 Å². The van der Waals surface area contributed by atoms with Crippen LogP contribution in [0.3, 0.4) is 0 Å². The van der Waals surface area contributed by atoms with Crippen LogP contribution in [0.1, 0.15) is 33.4 Å². The van der Waals surface area contributed by atoms with Crippen molar-refractivity contribution >= 4 is 59.9 Å². The molecule has 2 unspecified atom stereocenters. The number of aryl methyl sites for hydroxylation is 6. The Kier molecular flexibility index (Phi) is 15.7. The van der Waals surface area contributed by atoms with Crippen LogP contribution in [0.25, 0.3) is 0 Å². The molecule has 4 nitrogen and oxygen atoms in total. The quantitative estimate of drug-likeness (QED) is 0.493. The fraction of sp³-hybridized carbons (Fsp3) is 0.333. The summed E-state index contributed by atoms with van der Waals surface area (Å²) in [7, 11) is 0. The second kappa shape index (κ2) is 13.7. The molecule has 2 aromatic carbocycles. The maximum atomic E-state index is 10.8. The van der Waals surface area contributed by atoms with Gasteiger partial charge in [0.25, 0.3) is 0 Å². The van der Waals surface area contributed by atoms with Gasteiger partial charge in [0, 0.05) is 9.79 Å². The van der Waals surface area contributed by atoms with Gasteiger partial charge < -0.3 is 9.11 Å². The van der Waals surface area contributed by atoms with E-state index in [1.54, 1.807) is 0 Å². The first kappa shape index (κ1) is 29.8. The molecule has 0 aromatic heterocycles. The summed E-state index contributed by atoms with van der Waals surface area (Å²) in [4.78, 5) is 0.862. The van der Waals surface area contributed by atoms with E-state index in [1.165, 1.54) is 0 Å². The molecule has 0 bridgehead atoms. The van der Waals surface area contributed by atoms with Crippen molar-refractivity contribution in [2.75, 3.05) is 0 Å². The molecule has 8 heteroatoms. The summed E-state index contributed by atoms with van der Waals surface area (Å²) >= 11 is -4.22. The van der Waals surface area contributed by atoms with Gasteiger partial charge in [-0.05, 0) is 86.0 Å². The van der Waals surface area contributed by atoms with Crippen LogP contribution >= 0.6 is 0 Å². The van der Waals surface area contributed by atoms with Crippen molar-refractivity contribution in [3.63, 3.8) is 0 Å². The molecular formula is C18H22CaKO4S2+. The minimum absolute atomic E-state index is 0. The van der Waals surface area contributed by atoms with Crippen molar-refractivity contribution < 1.29 is 68.9 Å². The summed E-state index contributed by atoms with van der Waals surface area (Å²) in [5, 5.41) is 0. The molecule has 0 aliphatic carbocycles. The van der Waals surface area contributed by atoms with Gasteiger partial charge in [-0.25, -0.2) is 0 Å². The SMILES string of the molecule is Cc1cc(C)c(S(=O)[O-])c(C)c1.Cc1cc(C)c(S(=O)[O-])c(C)c1.[Ca+2].[K+]. The van der Waals surface area contributed by atoms with Crippen molar-refractivity contribution in [1.82, 2.24) is 0 Å². The Labute approximate surface area is 233 Å². The number of hydrogen-bond acceptors (Lipinski definition) is 4. The van der Waals surface area contributed by atoms with Gasteiger partial charge in [0.1, 0.15) is 0 Å². The number of rotatable bonds is 2. The smallest absolute Gasteiger partial charge is 0.768 e. The van der Waals surface area contributed by atoms with Gasteiger partial charge in [0.15, 0.2) is 0 Å². The predicted octanol–water partition coefficient (Wildman–Crippen LogP) is 0.323. The molecular weight excluding hydrogens is 424 g/mol. The molecule has 0 saturated heterocycles. The zero-order chi connectivity index (χ0) is 18.6. The van der Waals surface area contributed by atoms with Gasteiger partial charge >= 0.3 is 89.1 Å². The standard InChI is InChI=1S/2C9H12O2S.Ca.K/c2*1-6-4-7(2)9(12(10)11)8(3)5-6;;/h2*4-5H,1-3H3,(H,10,11);;/q;;+2;+1/p-2. The summed E-state index contributed by atoms with van der Waals surface area (Å²) in [5.41, 5.74) is 5.47. The minimum atomic E-state index is -2.11. The summed E-state index contributed by atoms with van der Waals surface area (Å²) < 4.78 is 43.0. The van der Waals surface area contributed by atoms with E-state index in [-0.39, 0.29) is 89.1 Å². The second-order valence-electron chi connectivity index (χ2n) is 5.93. The third kappa shape index (κ3) is 8.92. The van der Waals surface area contributed by atoms with E-state index >= 15 is 0 Å². The predicted molar refractivity (Wildman–Crippen MR) is 101 cm³/mol. The first-order valence-electron chi connectivity index (χ1n) is 7.38. The summed E-state index contributed by atoms with van der Waals surface area (Å²) in [6, 6.07) is 7.49. The van der Waals surface area contributed by atoms with Gasteiger partial charge in [0.2, 0.25) is 0 Å². The van der Waals surface area contributed by atoms with Crippen LogP contribution in [0.4, 0.5) is 0 Å². The summed E-state index contributed by atoms with van der Waals surface area (Å²) in [6.07, 6.45) is 0. The normalized spacial score (nSPS) is 12.0. The molecule has 2 rings (SSSR count). The molecule has 0 aliphatic rings. The van der Waals surface area contributed by atoms with Crippen LogP contribution in [-0.2, 0) is 22.2 Å². The molecule has 26 heavy (non-hydrogen) atoms. The Morgan fingerprint density at radius 2 is 0.808 bits per heavy atom. The second-order valence-corrected chi connectivity index (χ2v) is 7.68. The minimum Gasteiger partial charge on any atom is -0.768 e. The maximum Gasteiger partial charge on any atom is 2.00 e. The Morgan fingerprint density at radius 1 is 0.615 bits per heavy atom.